The fourth-order valence-electron chi connectivity index (χ4n) is 2.59. The van der Waals surface area contributed by atoms with E-state index in [1.54, 1.807) is 19.0 Å². The van der Waals surface area contributed by atoms with E-state index >= 15 is 0 Å². The van der Waals surface area contributed by atoms with Crippen LogP contribution in [0.25, 0.3) is 0 Å². The van der Waals surface area contributed by atoms with Crippen molar-refractivity contribution < 1.29 is 9.53 Å². The van der Waals surface area contributed by atoms with Crippen LogP contribution in [-0.2, 0) is 4.74 Å². The van der Waals surface area contributed by atoms with Crippen LogP contribution in [0.2, 0.25) is 0 Å². The maximum absolute atomic E-state index is 12.3. The number of para-hydroxylation sites is 1. The zero-order valence-corrected chi connectivity index (χ0v) is 13.3. The van der Waals surface area contributed by atoms with Crippen LogP contribution in [0, 0.1) is 0 Å². The van der Waals surface area contributed by atoms with Gasteiger partial charge in [0, 0.05) is 32.9 Å². The molecule has 0 aliphatic carbocycles. The number of hydrogen-bond acceptors (Lipinski definition) is 4. The molecule has 0 radical (unpaired) electrons. The van der Waals surface area contributed by atoms with E-state index in [0.29, 0.717) is 0 Å². The second-order valence-corrected chi connectivity index (χ2v) is 5.64. The van der Waals surface area contributed by atoms with Crippen molar-refractivity contribution in [3.8, 4) is 0 Å². The second kappa shape index (κ2) is 6.91. The molecule has 0 spiro atoms. The number of anilines is 1. The first-order chi connectivity index (χ1) is 10.0. The average molecular weight is 291 g/mol. The van der Waals surface area contributed by atoms with Crippen LogP contribution in [-0.4, -0.2) is 57.4 Å². The Morgan fingerprint density at radius 3 is 2.81 bits per heavy atom. The van der Waals surface area contributed by atoms with Crippen molar-refractivity contribution in [2.45, 2.75) is 25.7 Å². The van der Waals surface area contributed by atoms with Gasteiger partial charge in [-0.25, -0.2) is 0 Å². The Balaban J connectivity index is 2.11. The number of carbonyl (C=O) groups is 1. The Hall–Kier alpha value is -1.59. The molecule has 2 rings (SSSR count). The van der Waals surface area contributed by atoms with Gasteiger partial charge in [0.2, 0.25) is 0 Å². The van der Waals surface area contributed by atoms with E-state index in [0.717, 1.165) is 30.8 Å². The molecular formula is C16H25N3O2. The van der Waals surface area contributed by atoms with E-state index in [2.05, 4.69) is 10.2 Å². The summed E-state index contributed by atoms with van der Waals surface area (Å²) in [6.45, 7) is 3.74. The third-order valence-corrected chi connectivity index (χ3v) is 3.83. The quantitative estimate of drug-likeness (QED) is 0.836. The van der Waals surface area contributed by atoms with E-state index in [1.165, 1.54) is 0 Å². The van der Waals surface area contributed by atoms with Crippen LogP contribution in [0.15, 0.2) is 24.3 Å². The van der Waals surface area contributed by atoms with E-state index in [-0.39, 0.29) is 18.2 Å². The molecule has 1 heterocycles. The van der Waals surface area contributed by atoms with Gasteiger partial charge in [0.05, 0.1) is 11.7 Å². The van der Waals surface area contributed by atoms with Crippen molar-refractivity contribution >= 4 is 11.6 Å². The lowest BCUT2D eigenvalue weighted by atomic mass is 10.1. The van der Waals surface area contributed by atoms with Gasteiger partial charge in [-0.05, 0) is 32.5 Å². The van der Waals surface area contributed by atoms with Gasteiger partial charge in [-0.1, -0.05) is 12.1 Å². The number of ether oxygens (including phenoxy) is 1. The first kappa shape index (κ1) is 15.8. The van der Waals surface area contributed by atoms with Crippen LogP contribution < -0.4 is 10.2 Å². The topological polar surface area (TPSA) is 44.8 Å². The average Bonchev–Trinajstić information content (AvgIpc) is 2.94. The monoisotopic (exact) mass is 291 g/mol. The van der Waals surface area contributed by atoms with Crippen molar-refractivity contribution in [1.82, 2.24) is 10.2 Å². The zero-order valence-electron chi connectivity index (χ0n) is 13.3. The van der Waals surface area contributed by atoms with E-state index in [1.807, 2.05) is 38.2 Å². The zero-order chi connectivity index (χ0) is 15.4. The molecule has 5 nitrogen and oxygen atoms in total. The summed E-state index contributed by atoms with van der Waals surface area (Å²) in [6.07, 6.45) is 1.24. The van der Waals surface area contributed by atoms with Crippen LogP contribution in [0.3, 0.4) is 0 Å². The van der Waals surface area contributed by atoms with E-state index < -0.39 is 0 Å². The molecule has 5 heteroatoms. The third-order valence-electron chi connectivity index (χ3n) is 3.83. The number of rotatable bonds is 5. The van der Waals surface area contributed by atoms with Crippen molar-refractivity contribution in [3.05, 3.63) is 29.8 Å². The molecule has 1 aliphatic rings. The fraction of sp³-hybridized carbons (Fsp3) is 0.562. The molecule has 1 saturated heterocycles. The molecule has 1 aliphatic heterocycles. The number of hydrogen-bond donors (Lipinski definition) is 1. The SMILES string of the molecule is CNC(C)O[C@H]1CCN(c2ccccc2C(=O)N(C)C)C1. The number of carbonyl (C=O) groups excluding carboxylic acids is 1. The Morgan fingerprint density at radius 1 is 1.43 bits per heavy atom. The van der Waals surface area contributed by atoms with E-state index in [4.69, 9.17) is 4.74 Å². The minimum atomic E-state index is 0.0403. The molecule has 1 amide bonds. The summed E-state index contributed by atoms with van der Waals surface area (Å²) in [5, 5.41) is 3.09. The Kier molecular flexibility index (Phi) is 5.20. The second-order valence-electron chi connectivity index (χ2n) is 5.64. The highest BCUT2D eigenvalue weighted by Gasteiger charge is 2.27. The van der Waals surface area contributed by atoms with Gasteiger partial charge in [-0.15, -0.1) is 0 Å². The maximum atomic E-state index is 12.3. The smallest absolute Gasteiger partial charge is 0.255 e. The van der Waals surface area contributed by atoms with Crippen LogP contribution in [0.5, 0.6) is 0 Å². The van der Waals surface area contributed by atoms with E-state index in [9.17, 15) is 4.79 Å². The predicted octanol–water partition coefficient (Wildman–Crippen LogP) is 1.55. The fourth-order valence-corrected chi connectivity index (χ4v) is 2.59. The molecule has 2 atom stereocenters. The summed E-state index contributed by atoms with van der Waals surface area (Å²) in [7, 11) is 5.45. The number of nitrogens with one attached hydrogen (secondary N) is 1. The van der Waals surface area contributed by atoms with Crippen molar-refractivity contribution in [3.63, 3.8) is 0 Å². The minimum absolute atomic E-state index is 0.0403. The van der Waals surface area contributed by atoms with Crippen LogP contribution in [0.1, 0.15) is 23.7 Å². The summed E-state index contributed by atoms with van der Waals surface area (Å²) in [4.78, 5) is 16.1. The highest BCUT2D eigenvalue weighted by Crippen LogP contribution is 2.26. The minimum Gasteiger partial charge on any atom is -0.368 e. The molecule has 1 fully saturated rings. The highest BCUT2D eigenvalue weighted by atomic mass is 16.5. The third kappa shape index (κ3) is 3.74. The highest BCUT2D eigenvalue weighted by molar-refractivity contribution is 5.99. The number of nitrogens with zero attached hydrogens (tertiary/aromatic N) is 2. The van der Waals surface area contributed by atoms with Gasteiger partial charge in [0.15, 0.2) is 0 Å². The van der Waals surface area contributed by atoms with Gasteiger partial charge in [0.1, 0.15) is 6.23 Å². The van der Waals surface area contributed by atoms with Gasteiger partial charge in [-0.2, -0.15) is 0 Å². The predicted molar refractivity (Wildman–Crippen MR) is 84.7 cm³/mol. The lowest BCUT2D eigenvalue weighted by molar-refractivity contribution is -0.00395. The Bertz CT molecular complexity index is 490. The molecule has 1 aromatic rings. The van der Waals surface area contributed by atoms with Crippen molar-refractivity contribution in [2.24, 2.45) is 0 Å². The van der Waals surface area contributed by atoms with Crippen LogP contribution >= 0.6 is 0 Å². The molecule has 116 valence electrons. The summed E-state index contributed by atoms with van der Waals surface area (Å²) in [5.41, 5.74) is 1.75. The molecule has 1 aromatic carbocycles. The normalized spacial score (nSPS) is 19.6. The molecule has 0 bridgehead atoms. The Labute approximate surface area is 126 Å². The lowest BCUT2D eigenvalue weighted by Gasteiger charge is -2.23. The number of amides is 1. The molecular weight excluding hydrogens is 266 g/mol. The summed E-state index contributed by atoms with van der Waals surface area (Å²) in [6, 6.07) is 7.79. The first-order valence-corrected chi connectivity index (χ1v) is 7.41. The van der Waals surface area contributed by atoms with Crippen molar-refractivity contribution in [2.75, 3.05) is 39.1 Å². The molecule has 1 unspecified atom stereocenters. The van der Waals surface area contributed by atoms with Gasteiger partial charge in [0.25, 0.3) is 5.91 Å². The molecule has 0 saturated carbocycles. The van der Waals surface area contributed by atoms with Crippen LogP contribution in [0.4, 0.5) is 5.69 Å². The van der Waals surface area contributed by atoms with Gasteiger partial charge in [-0.3, -0.25) is 10.1 Å². The summed E-state index contributed by atoms with van der Waals surface area (Å²) in [5.74, 6) is 0.0403. The molecule has 21 heavy (non-hydrogen) atoms. The lowest BCUT2D eigenvalue weighted by Crippen LogP contribution is -2.32. The van der Waals surface area contributed by atoms with Gasteiger partial charge >= 0.3 is 0 Å². The summed E-state index contributed by atoms with van der Waals surface area (Å²) < 4.78 is 5.91. The number of benzene rings is 1. The van der Waals surface area contributed by atoms with Gasteiger partial charge < -0.3 is 14.5 Å². The standard InChI is InChI=1S/C16H25N3O2/c1-12(17-2)21-13-9-10-19(11-13)15-8-6-5-7-14(15)16(20)18(3)4/h5-8,12-13,17H,9-11H2,1-4H3/t12?,13-/m0/s1. The largest absolute Gasteiger partial charge is 0.368 e. The first-order valence-electron chi connectivity index (χ1n) is 7.41. The Morgan fingerprint density at radius 2 is 2.14 bits per heavy atom. The summed E-state index contributed by atoms with van der Waals surface area (Å²) >= 11 is 0. The molecule has 1 N–H and O–H groups in total. The molecule has 0 aromatic heterocycles. The van der Waals surface area contributed by atoms with Crippen molar-refractivity contribution in [1.29, 1.82) is 0 Å². The maximum Gasteiger partial charge on any atom is 0.255 e.